The fourth-order valence-corrected chi connectivity index (χ4v) is 1.88. The molecule has 2 aromatic rings. The van der Waals surface area contributed by atoms with Gasteiger partial charge in [-0.25, -0.2) is 0 Å². The van der Waals surface area contributed by atoms with Crippen molar-refractivity contribution in [1.82, 2.24) is 20.6 Å². The summed E-state index contributed by atoms with van der Waals surface area (Å²) in [4.78, 5) is 4.31. The van der Waals surface area contributed by atoms with Crippen LogP contribution in [0.3, 0.4) is 0 Å². The van der Waals surface area contributed by atoms with Gasteiger partial charge in [-0.05, 0) is 19.4 Å². The maximum Gasteiger partial charge on any atom is 0.280 e. The summed E-state index contributed by atoms with van der Waals surface area (Å²) in [6.07, 6.45) is 4.95. The largest absolute Gasteiger partial charge is 0.364 e. The van der Waals surface area contributed by atoms with E-state index in [1.54, 1.807) is 6.07 Å². The molecule has 16 heavy (non-hydrogen) atoms. The van der Waals surface area contributed by atoms with Crippen LogP contribution in [0.4, 0.5) is 0 Å². The molecule has 3 heterocycles. The first-order chi connectivity index (χ1) is 7.93. The van der Waals surface area contributed by atoms with Crippen LogP contribution in [-0.4, -0.2) is 21.8 Å². The lowest BCUT2D eigenvalue weighted by molar-refractivity contribution is 0.365. The third-order valence-electron chi connectivity index (χ3n) is 2.72. The second-order valence-corrected chi connectivity index (χ2v) is 3.84. The second kappa shape index (κ2) is 4.05. The lowest BCUT2D eigenvalue weighted by atomic mass is 10.0. The predicted octanol–water partition coefficient (Wildman–Crippen LogP) is 1.54. The van der Waals surface area contributed by atoms with E-state index in [0.717, 1.165) is 13.0 Å². The number of rotatable bonds is 2. The van der Waals surface area contributed by atoms with Crippen molar-refractivity contribution in [2.45, 2.75) is 25.3 Å². The molecule has 0 aliphatic carbocycles. The zero-order valence-corrected chi connectivity index (χ0v) is 8.72. The van der Waals surface area contributed by atoms with E-state index in [1.807, 2.05) is 0 Å². The van der Waals surface area contributed by atoms with Gasteiger partial charge in [-0.3, -0.25) is 0 Å². The Labute approximate surface area is 92.0 Å². The van der Waals surface area contributed by atoms with Gasteiger partial charge in [0.05, 0.1) is 6.04 Å². The van der Waals surface area contributed by atoms with E-state index >= 15 is 0 Å². The summed E-state index contributed by atoms with van der Waals surface area (Å²) in [6, 6.07) is 1.91. The lowest BCUT2D eigenvalue weighted by Crippen LogP contribution is -2.27. The van der Waals surface area contributed by atoms with Crippen molar-refractivity contribution in [3.63, 3.8) is 0 Å². The Kier molecular flexibility index (Phi) is 2.41. The van der Waals surface area contributed by atoms with Gasteiger partial charge in [-0.1, -0.05) is 16.7 Å². The fourth-order valence-electron chi connectivity index (χ4n) is 1.88. The van der Waals surface area contributed by atoms with Gasteiger partial charge in [0.15, 0.2) is 11.5 Å². The van der Waals surface area contributed by atoms with Gasteiger partial charge in [0.1, 0.15) is 6.26 Å². The molecule has 1 atom stereocenters. The Bertz CT molecular complexity index is 445. The van der Waals surface area contributed by atoms with E-state index in [9.17, 15) is 0 Å². The first-order valence-corrected chi connectivity index (χ1v) is 5.41. The molecule has 0 spiro atoms. The fraction of sp³-hybridized carbons (Fsp3) is 0.500. The molecule has 6 nitrogen and oxygen atoms in total. The van der Waals surface area contributed by atoms with Gasteiger partial charge in [-0.2, -0.15) is 4.98 Å². The summed E-state index contributed by atoms with van der Waals surface area (Å²) < 4.78 is 9.87. The molecular weight excluding hydrogens is 208 g/mol. The molecule has 1 aliphatic rings. The van der Waals surface area contributed by atoms with Crippen molar-refractivity contribution >= 4 is 0 Å². The van der Waals surface area contributed by atoms with Gasteiger partial charge in [0.2, 0.25) is 0 Å². The highest BCUT2D eigenvalue weighted by molar-refractivity contribution is 5.44. The van der Waals surface area contributed by atoms with Crippen LogP contribution in [0, 0.1) is 0 Å². The topological polar surface area (TPSA) is 77.0 Å². The molecule has 6 heteroatoms. The van der Waals surface area contributed by atoms with Crippen molar-refractivity contribution in [3.05, 3.63) is 18.2 Å². The van der Waals surface area contributed by atoms with Crippen molar-refractivity contribution in [3.8, 4) is 11.6 Å². The molecule has 0 saturated carbocycles. The lowest BCUT2D eigenvalue weighted by Gasteiger charge is -2.19. The monoisotopic (exact) mass is 220 g/mol. The summed E-state index contributed by atoms with van der Waals surface area (Å²) >= 11 is 0. The Morgan fingerprint density at radius 1 is 1.31 bits per heavy atom. The Morgan fingerprint density at radius 2 is 2.31 bits per heavy atom. The summed E-state index contributed by atoms with van der Waals surface area (Å²) in [5, 5.41) is 11.1. The quantitative estimate of drug-likeness (QED) is 0.827. The van der Waals surface area contributed by atoms with Gasteiger partial charge in [-0.15, -0.1) is 0 Å². The average molecular weight is 220 g/mol. The normalized spacial score (nSPS) is 21.1. The van der Waals surface area contributed by atoms with Crippen LogP contribution in [-0.2, 0) is 0 Å². The highest BCUT2D eigenvalue weighted by atomic mass is 16.5. The van der Waals surface area contributed by atoms with Crippen molar-refractivity contribution in [1.29, 1.82) is 0 Å². The molecule has 0 amide bonds. The summed E-state index contributed by atoms with van der Waals surface area (Å²) in [5.41, 5.74) is 0.578. The number of nitrogens with zero attached hydrogens (tertiary/aromatic N) is 3. The van der Waals surface area contributed by atoms with Crippen LogP contribution in [0.5, 0.6) is 0 Å². The number of aromatic nitrogens is 3. The summed E-state index contributed by atoms with van der Waals surface area (Å²) in [5.74, 6) is 1.12. The van der Waals surface area contributed by atoms with Crippen LogP contribution in [0.25, 0.3) is 11.6 Å². The van der Waals surface area contributed by atoms with Gasteiger partial charge >= 0.3 is 0 Å². The molecule has 1 saturated heterocycles. The van der Waals surface area contributed by atoms with E-state index in [1.165, 1.54) is 19.1 Å². The molecule has 2 aromatic heterocycles. The third-order valence-corrected chi connectivity index (χ3v) is 2.72. The van der Waals surface area contributed by atoms with Crippen molar-refractivity contribution < 1.29 is 9.05 Å². The molecule has 84 valence electrons. The minimum Gasteiger partial charge on any atom is -0.364 e. The number of nitrogens with one attached hydrogen (secondary N) is 1. The van der Waals surface area contributed by atoms with Gasteiger partial charge in [0, 0.05) is 6.07 Å². The number of piperidine rings is 1. The SMILES string of the molecule is c1cc(-c2nc(C3CCCCN3)no2)no1. The molecule has 0 aromatic carbocycles. The highest BCUT2D eigenvalue weighted by Crippen LogP contribution is 2.22. The van der Waals surface area contributed by atoms with Crippen molar-refractivity contribution in [2.24, 2.45) is 0 Å². The first-order valence-electron chi connectivity index (χ1n) is 5.41. The molecule has 1 aliphatic heterocycles. The van der Waals surface area contributed by atoms with E-state index in [0.29, 0.717) is 17.4 Å². The minimum absolute atomic E-state index is 0.207. The highest BCUT2D eigenvalue weighted by Gasteiger charge is 2.21. The van der Waals surface area contributed by atoms with Crippen LogP contribution in [0.2, 0.25) is 0 Å². The third kappa shape index (κ3) is 1.71. The second-order valence-electron chi connectivity index (χ2n) is 3.84. The van der Waals surface area contributed by atoms with Gasteiger partial charge < -0.3 is 14.4 Å². The maximum atomic E-state index is 5.14. The number of hydrogen-bond acceptors (Lipinski definition) is 6. The number of hydrogen-bond donors (Lipinski definition) is 1. The average Bonchev–Trinajstić information content (AvgIpc) is 3.01. The van der Waals surface area contributed by atoms with Crippen LogP contribution in [0.1, 0.15) is 31.1 Å². The first kappa shape index (κ1) is 9.53. The molecule has 3 rings (SSSR count). The molecule has 0 bridgehead atoms. The zero-order chi connectivity index (χ0) is 10.8. The Balaban J connectivity index is 1.82. The van der Waals surface area contributed by atoms with E-state index in [2.05, 4.69) is 20.6 Å². The summed E-state index contributed by atoms with van der Waals surface area (Å²) in [6.45, 7) is 1.01. The van der Waals surface area contributed by atoms with Crippen LogP contribution in [0.15, 0.2) is 21.4 Å². The Hall–Kier alpha value is -1.69. The molecule has 1 unspecified atom stereocenters. The zero-order valence-electron chi connectivity index (χ0n) is 8.72. The molecule has 1 N–H and O–H groups in total. The standard InChI is InChI=1S/C10H12N4O2/c1-2-5-11-7(3-1)9-12-10(16-14-9)8-4-6-15-13-8/h4,6-7,11H,1-3,5H2. The Morgan fingerprint density at radius 3 is 3.06 bits per heavy atom. The van der Waals surface area contributed by atoms with E-state index < -0.39 is 0 Å². The van der Waals surface area contributed by atoms with E-state index in [4.69, 9.17) is 9.05 Å². The molecular formula is C10H12N4O2. The van der Waals surface area contributed by atoms with Crippen LogP contribution < -0.4 is 5.32 Å². The minimum atomic E-state index is 0.207. The smallest absolute Gasteiger partial charge is 0.280 e. The van der Waals surface area contributed by atoms with Crippen LogP contribution >= 0.6 is 0 Å². The predicted molar refractivity (Wildman–Crippen MR) is 54.4 cm³/mol. The molecule has 0 radical (unpaired) electrons. The molecule has 1 fully saturated rings. The van der Waals surface area contributed by atoms with Crippen molar-refractivity contribution in [2.75, 3.05) is 6.54 Å². The summed E-state index contributed by atoms with van der Waals surface area (Å²) in [7, 11) is 0. The van der Waals surface area contributed by atoms with E-state index in [-0.39, 0.29) is 6.04 Å². The maximum absolute atomic E-state index is 5.14. The van der Waals surface area contributed by atoms with Gasteiger partial charge in [0.25, 0.3) is 5.89 Å².